The van der Waals surface area contributed by atoms with Crippen LogP contribution in [0.15, 0.2) is 83.3 Å². The van der Waals surface area contributed by atoms with E-state index < -0.39 is 33.3 Å². The molecular formula is C23H14ClF3N2O4S. The maximum absolute atomic E-state index is 12.9. The van der Waals surface area contributed by atoms with Crippen molar-refractivity contribution in [3.63, 3.8) is 0 Å². The molecule has 0 aliphatic carbocycles. The summed E-state index contributed by atoms with van der Waals surface area (Å²) in [6.45, 7) is 0. The Hall–Kier alpha value is -3.81. The van der Waals surface area contributed by atoms with Gasteiger partial charge in [0.25, 0.3) is 5.91 Å². The molecule has 0 radical (unpaired) electrons. The van der Waals surface area contributed by atoms with Crippen molar-refractivity contribution < 1.29 is 30.6 Å². The third-order valence-corrected chi connectivity index (χ3v) is 5.86. The Balaban J connectivity index is 1.80. The minimum absolute atomic E-state index is 0.0759. The Morgan fingerprint density at radius 1 is 1.03 bits per heavy atom. The van der Waals surface area contributed by atoms with E-state index >= 15 is 0 Å². The molecule has 0 aromatic heterocycles. The molecule has 11 heteroatoms. The SMILES string of the molecule is N#C/C(=C\c1ccc(OS(=O)(=O)c2ccccc2)c(Cl)c1)C(=O)Nc1cccc(C(F)(F)F)c1. The van der Waals surface area contributed by atoms with E-state index in [0.29, 0.717) is 0 Å². The van der Waals surface area contributed by atoms with Gasteiger partial charge in [0.1, 0.15) is 16.5 Å². The number of alkyl halides is 3. The zero-order valence-electron chi connectivity index (χ0n) is 17.0. The van der Waals surface area contributed by atoms with Crippen molar-refractivity contribution in [2.24, 2.45) is 0 Å². The number of benzene rings is 3. The van der Waals surface area contributed by atoms with Crippen molar-refractivity contribution in [1.82, 2.24) is 0 Å². The van der Waals surface area contributed by atoms with Crippen LogP contribution in [0.5, 0.6) is 5.75 Å². The zero-order valence-corrected chi connectivity index (χ0v) is 18.6. The molecule has 0 atom stereocenters. The predicted molar refractivity (Wildman–Crippen MR) is 119 cm³/mol. The maximum atomic E-state index is 12.9. The zero-order chi connectivity index (χ0) is 24.9. The van der Waals surface area contributed by atoms with E-state index in [1.165, 1.54) is 48.5 Å². The van der Waals surface area contributed by atoms with Gasteiger partial charge in [0.2, 0.25) is 0 Å². The van der Waals surface area contributed by atoms with Gasteiger partial charge in [0.05, 0.1) is 10.6 Å². The van der Waals surface area contributed by atoms with Crippen LogP contribution in [0.25, 0.3) is 6.08 Å². The van der Waals surface area contributed by atoms with Crippen molar-refractivity contribution in [3.8, 4) is 11.8 Å². The third kappa shape index (κ3) is 6.15. The number of amides is 1. The van der Waals surface area contributed by atoms with Crippen LogP contribution in [0.4, 0.5) is 18.9 Å². The summed E-state index contributed by atoms with van der Waals surface area (Å²) in [4.78, 5) is 12.3. The quantitative estimate of drug-likeness (QED) is 0.264. The summed E-state index contributed by atoms with van der Waals surface area (Å²) >= 11 is 6.11. The highest BCUT2D eigenvalue weighted by Gasteiger charge is 2.30. The van der Waals surface area contributed by atoms with Crippen LogP contribution in [-0.4, -0.2) is 14.3 Å². The number of nitrogens with zero attached hydrogens (tertiary/aromatic N) is 1. The number of hydrogen-bond acceptors (Lipinski definition) is 5. The van der Waals surface area contributed by atoms with E-state index in [1.54, 1.807) is 12.1 Å². The first-order valence-corrected chi connectivity index (χ1v) is 11.2. The number of carbonyl (C=O) groups is 1. The largest absolute Gasteiger partial charge is 0.416 e. The molecule has 0 saturated heterocycles. The topological polar surface area (TPSA) is 96.3 Å². The Morgan fingerprint density at radius 2 is 1.74 bits per heavy atom. The van der Waals surface area contributed by atoms with Gasteiger partial charge in [-0.15, -0.1) is 0 Å². The lowest BCUT2D eigenvalue weighted by atomic mass is 10.1. The molecule has 0 spiro atoms. The molecule has 0 unspecified atom stereocenters. The number of nitriles is 1. The van der Waals surface area contributed by atoms with Crippen LogP contribution in [-0.2, 0) is 21.1 Å². The molecule has 34 heavy (non-hydrogen) atoms. The van der Waals surface area contributed by atoms with Gasteiger partial charge in [-0.2, -0.15) is 26.9 Å². The summed E-state index contributed by atoms with van der Waals surface area (Å²) in [6, 6.07) is 16.9. The number of rotatable bonds is 6. The first-order valence-electron chi connectivity index (χ1n) is 9.39. The number of hydrogen-bond donors (Lipinski definition) is 1. The van der Waals surface area contributed by atoms with Gasteiger partial charge in [-0.1, -0.05) is 41.9 Å². The van der Waals surface area contributed by atoms with Crippen molar-refractivity contribution in [3.05, 3.63) is 94.5 Å². The van der Waals surface area contributed by atoms with Gasteiger partial charge in [-0.3, -0.25) is 4.79 Å². The van der Waals surface area contributed by atoms with E-state index in [1.807, 2.05) is 0 Å². The van der Waals surface area contributed by atoms with Crippen LogP contribution in [0.3, 0.4) is 0 Å². The number of carbonyl (C=O) groups excluding carboxylic acids is 1. The first kappa shape index (κ1) is 24.8. The summed E-state index contributed by atoms with van der Waals surface area (Å²) in [5.41, 5.74) is -1.27. The standard InChI is InChI=1S/C23H14ClF3N2O4S/c24-20-12-15(9-10-21(20)33-34(31,32)19-7-2-1-3-8-19)11-16(14-28)22(30)29-18-6-4-5-17(13-18)23(25,26)27/h1-13H,(H,29,30)/b16-11+. The number of nitrogens with one attached hydrogen (secondary N) is 1. The summed E-state index contributed by atoms with van der Waals surface area (Å²) in [5, 5.41) is 11.5. The molecule has 0 fully saturated rings. The van der Waals surface area contributed by atoms with E-state index in [4.69, 9.17) is 15.8 Å². The van der Waals surface area contributed by atoms with Crippen LogP contribution in [0.2, 0.25) is 5.02 Å². The van der Waals surface area contributed by atoms with Crippen LogP contribution >= 0.6 is 11.6 Å². The number of halogens is 4. The fourth-order valence-electron chi connectivity index (χ4n) is 2.71. The van der Waals surface area contributed by atoms with Crippen LogP contribution in [0.1, 0.15) is 11.1 Å². The van der Waals surface area contributed by atoms with Crippen molar-refractivity contribution in [1.29, 1.82) is 5.26 Å². The van der Waals surface area contributed by atoms with Gasteiger partial charge < -0.3 is 9.50 Å². The normalized spacial score (nSPS) is 12.0. The first-order chi connectivity index (χ1) is 16.0. The van der Waals surface area contributed by atoms with Crippen molar-refractivity contribution in [2.75, 3.05) is 5.32 Å². The van der Waals surface area contributed by atoms with E-state index in [-0.39, 0.29) is 26.9 Å². The van der Waals surface area contributed by atoms with Crippen molar-refractivity contribution in [2.45, 2.75) is 11.1 Å². The highest BCUT2D eigenvalue weighted by atomic mass is 35.5. The molecular weight excluding hydrogens is 493 g/mol. The lowest BCUT2D eigenvalue weighted by molar-refractivity contribution is -0.137. The molecule has 1 N–H and O–H groups in total. The third-order valence-electron chi connectivity index (χ3n) is 4.31. The predicted octanol–water partition coefficient (Wildman–Crippen LogP) is 5.67. The van der Waals surface area contributed by atoms with E-state index in [9.17, 15) is 31.6 Å². The number of anilines is 1. The summed E-state index contributed by atoms with van der Waals surface area (Å²) < 4.78 is 68.3. The highest BCUT2D eigenvalue weighted by molar-refractivity contribution is 7.87. The fraction of sp³-hybridized carbons (Fsp3) is 0.0435. The Kier molecular flexibility index (Phi) is 7.29. The van der Waals surface area contributed by atoms with E-state index in [0.717, 1.165) is 24.3 Å². The summed E-state index contributed by atoms with van der Waals surface area (Å²) in [6.07, 6.45) is -3.45. The van der Waals surface area contributed by atoms with Gasteiger partial charge in [0, 0.05) is 5.69 Å². The lowest BCUT2D eigenvalue weighted by Gasteiger charge is -2.10. The lowest BCUT2D eigenvalue weighted by Crippen LogP contribution is -2.14. The molecule has 3 aromatic carbocycles. The summed E-state index contributed by atoms with van der Waals surface area (Å²) in [7, 11) is -4.13. The second kappa shape index (κ2) is 9.99. The fourth-order valence-corrected chi connectivity index (χ4v) is 3.96. The molecule has 174 valence electrons. The molecule has 0 aliphatic rings. The summed E-state index contributed by atoms with van der Waals surface area (Å²) in [5.74, 6) is -1.11. The molecule has 6 nitrogen and oxygen atoms in total. The minimum atomic E-state index is -4.59. The highest BCUT2D eigenvalue weighted by Crippen LogP contribution is 2.31. The molecule has 0 heterocycles. The Bertz CT molecular complexity index is 1400. The average molecular weight is 507 g/mol. The molecule has 0 bridgehead atoms. The van der Waals surface area contributed by atoms with Crippen LogP contribution in [0, 0.1) is 11.3 Å². The van der Waals surface area contributed by atoms with Gasteiger partial charge in [0.15, 0.2) is 5.75 Å². The molecule has 3 aromatic rings. The second-order valence-electron chi connectivity index (χ2n) is 6.74. The maximum Gasteiger partial charge on any atom is 0.416 e. The second-order valence-corrected chi connectivity index (χ2v) is 8.70. The van der Waals surface area contributed by atoms with Gasteiger partial charge in [-0.05, 0) is 54.1 Å². The van der Waals surface area contributed by atoms with Gasteiger partial charge >= 0.3 is 16.3 Å². The van der Waals surface area contributed by atoms with Crippen molar-refractivity contribution >= 4 is 39.4 Å². The molecule has 0 saturated carbocycles. The van der Waals surface area contributed by atoms with Gasteiger partial charge in [-0.25, -0.2) is 0 Å². The Morgan fingerprint density at radius 3 is 2.35 bits per heavy atom. The van der Waals surface area contributed by atoms with Crippen LogP contribution < -0.4 is 9.50 Å². The average Bonchev–Trinajstić information content (AvgIpc) is 2.79. The molecule has 3 rings (SSSR count). The minimum Gasteiger partial charge on any atom is -0.377 e. The smallest absolute Gasteiger partial charge is 0.377 e. The van der Waals surface area contributed by atoms with E-state index in [2.05, 4.69) is 5.32 Å². The Labute approximate surface area is 198 Å². The molecule has 0 aliphatic heterocycles. The monoisotopic (exact) mass is 506 g/mol. The molecule has 1 amide bonds.